The van der Waals surface area contributed by atoms with Crippen LogP contribution in [0.3, 0.4) is 0 Å². The van der Waals surface area contributed by atoms with Crippen molar-refractivity contribution in [1.82, 2.24) is 0 Å². The van der Waals surface area contributed by atoms with Crippen LogP contribution in [0.15, 0.2) is 17.7 Å². The van der Waals surface area contributed by atoms with Gasteiger partial charge in [-0.15, -0.1) is 0 Å². The van der Waals surface area contributed by atoms with E-state index in [1.165, 1.54) is 80.9 Å². The number of allylic oxidation sites excluding steroid dienone is 2. The van der Waals surface area contributed by atoms with Crippen molar-refractivity contribution in [2.45, 2.75) is 101 Å². The molecule has 1 atom stereocenters. The van der Waals surface area contributed by atoms with Crippen LogP contribution in [0.4, 0.5) is 0 Å². The van der Waals surface area contributed by atoms with Gasteiger partial charge in [-0.3, -0.25) is 0 Å². The Kier molecular flexibility index (Phi) is 6.31. The summed E-state index contributed by atoms with van der Waals surface area (Å²) in [6, 6.07) is 4.27. The number of ether oxygens (including phenoxy) is 2. The Labute approximate surface area is 179 Å². The van der Waals surface area contributed by atoms with Crippen molar-refractivity contribution in [1.29, 1.82) is 0 Å². The van der Waals surface area contributed by atoms with Gasteiger partial charge in [-0.05, 0) is 0 Å². The van der Waals surface area contributed by atoms with E-state index < -0.39 is 7.92 Å². The van der Waals surface area contributed by atoms with Gasteiger partial charge in [0.15, 0.2) is 0 Å². The van der Waals surface area contributed by atoms with E-state index in [1.54, 1.807) is 5.57 Å². The molecule has 4 rings (SSSR count). The minimum atomic E-state index is -1.16. The molecule has 0 heterocycles. The van der Waals surface area contributed by atoms with Crippen molar-refractivity contribution in [3.05, 3.63) is 28.8 Å². The molecule has 29 heavy (non-hydrogen) atoms. The molecule has 0 aliphatic heterocycles. The Morgan fingerprint density at radius 1 is 0.793 bits per heavy atom. The molecule has 0 spiro atoms. The van der Waals surface area contributed by atoms with Gasteiger partial charge in [0, 0.05) is 0 Å². The van der Waals surface area contributed by atoms with Crippen molar-refractivity contribution in [2.75, 3.05) is 14.2 Å². The average molecular weight is 417 g/mol. The maximum atomic E-state index is 6.01. The molecule has 2 fully saturated rings. The van der Waals surface area contributed by atoms with Gasteiger partial charge in [-0.2, -0.15) is 0 Å². The average Bonchev–Trinajstić information content (AvgIpc) is 2.97. The van der Waals surface area contributed by atoms with E-state index in [0.29, 0.717) is 0 Å². The van der Waals surface area contributed by atoms with E-state index >= 15 is 0 Å². The summed E-state index contributed by atoms with van der Waals surface area (Å²) in [4.78, 5) is 0. The summed E-state index contributed by atoms with van der Waals surface area (Å²) in [6.45, 7) is 7.37. The topological polar surface area (TPSA) is 18.5 Å². The standard InChI is InChI=1S/C26H41O2P/c1-18-19(2)26(3,25-23(28-5)17-16-22(27-4)24(18)25)29(20-12-8-6-9-13-20)21-14-10-7-11-15-21/h16-17,20-21H,6-15,29H2,1-5H3. The predicted octanol–water partition coefficient (Wildman–Crippen LogP) is 7.34. The summed E-state index contributed by atoms with van der Waals surface area (Å²) >= 11 is 0. The Bertz CT molecular complexity index is 753. The van der Waals surface area contributed by atoms with Crippen molar-refractivity contribution < 1.29 is 9.47 Å². The third-order valence-corrected chi connectivity index (χ3v) is 14.2. The molecule has 0 radical (unpaired) electrons. The van der Waals surface area contributed by atoms with Gasteiger partial charge < -0.3 is 0 Å². The minimum absolute atomic E-state index is 0.184. The summed E-state index contributed by atoms with van der Waals surface area (Å²) in [5.41, 5.74) is 7.83. The molecule has 2 nitrogen and oxygen atoms in total. The third-order valence-electron chi connectivity index (χ3n) is 8.79. The maximum absolute atomic E-state index is 6.01. The molecule has 3 heteroatoms. The van der Waals surface area contributed by atoms with E-state index in [9.17, 15) is 0 Å². The number of benzene rings is 1. The second kappa shape index (κ2) is 8.62. The number of rotatable bonds is 5. The molecule has 3 aliphatic carbocycles. The van der Waals surface area contributed by atoms with Crippen molar-refractivity contribution >= 4 is 13.5 Å². The Hall–Kier alpha value is -1.01. The van der Waals surface area contributed by atoms with Crippen LogP contribution in [0, 0.1) is 0 Å². The number of hydrogen-bond donors (Lipinski definition) is 0. The van der Waals surface area contributed by atoms with Gasteiger partial charge >= 0.3 is 179 Å². The van der Waals surface area contributed by atoms with Gasteiger partial charge in [0.1, 0.15) is 0 Å². The monoisotopic (exact) mass is 416 g/mol. The van der Waals surface area contributed by atoms with E-state index in [0.717, 1.165) is 22.8 Å². The zero-order chi connectivity index (χ0) is 20.6. The van der Waals surface area contributed by atoms with E-state index in [-0.39, 0.29) is 5.16 Å². The van der Waals surface area contributed by atoms with Crippen molar-refractivity contribution in [2.24, 2.45) is 0 Å². The summed E-state index contributed by atoms with van der Waals surface area (Å²) in [5.74, 6) is 2.12. The fourth-order valence-corrected chi connectivity index (χ4v) is 13.7. The first-order valence-corrected chi connectivity index (χ1v) is 13.9. The van der Waals surface area contributed by atoms with Crippen LogP contribution < -0.4 is 9.47 Å². The molecule has 0 bridgehead atoms. The SMILES string of the molecule is COc1ccc(OC)c2c1C(C)=C(C)C2(C)[PH2](C1CCCCC1)C1CCCCC1. The van der Waals surface area contributed by atoms with Gasteiger partial charge in [0.2, 0.25) is 0 Å². The van der Waals surface area contributed by atoms with Gasteiger partial charge in [-0.25, -0.2) is 0 Å². The fraction of sp³-hybridized carbons (Fsp3) is 0.692. The van der Waals surface area contributed by atoms with Crippen LogP contribution in [0.2, 0.25) is 0 Å². The van der Waals surface area contributed by atoms with Gasteiger partial charge in [0.05, 0.1) is 0 Å². The van der Waals surface area contributed by atoms with Crippen molar-refractivity contribution in [3.8, 4) is 11.5 Å². The Morgan fingerprint density at radius 3 is 1.76 bits per heavy atom. The zero-order valence-electron chi connectivity index (χ0n) is 19.3. The van der Waals surface area contributed by atoms with E-state index in [1.807, 2.05) is 14.2 Å². The third kappa shape index (κ3) is 3.44. The normalized spacial score (nSPS) is 26.4. The quantitative estimate of drug-likeness (QED) is 0.468. The van der Waals surface area contributed by atoms with Crippen LogP contribution in [-0.2, 0) is 5.16 Å². The summed E-state index contributed by atoms with van der Waals surface area (Å²) in [5, 5.41) is 0.184. The molecule has 1 aromatic carbocycles. The van der Waals surface area contributed by atoms with Gasteiger partial charge in [0.25, 0.3) is 0 Å². The molecule has 162 valence electrons. The molecule has 0 N–H and O–H groups in total. The van der Waals surface area contributed by atoms with Crippen LogP contribution >= 0.6 is 7.92 Å². The molecule has 0 aromatic heterocycles. The van der Waals surface area contributed by atoms with Crippen LogP contribution in [0.25, 0.3) is 5.57 Å². The van der Waals surface area contributed by atoms with Gasteiger partial charge in [-0.1, -0.05) is 0 Å². The van der Waals surface area contributed by atoms with Crippen LogP contribution in [0.1, 0.15) is 96.1 Å². The summed E-state index contributed by atoms with van der Waals surface area (Å²) in [6.07, 6.45) is 14.5. The number of hydrogen-bond acceptors (Lipinski definition) is 2. The Morgan fingerprint density at radius 2 is 1.28 bits per heavy atom. The number of methoxy groups -OCH3 is 2. The fourth-order valence-electron chi connectivity index (χ4n) is 7.29. The molecular formula is C26H41O2P. The zero-order valence-corrected chi connectivity index (χ0v) is 20.4. The molecule has 1 aromatic rings. The first-order chi connectivity index (χ1) is 14.0. The van der Waals surface area contributed by atoms with Crippen LogP contribution in [0.5, 0.6) is 11.5 Å². The summed E-state index contributed by atoms with van der Waals surface area (Å²) < 4.78 is 11.9. The Balaban J connectivity index is 1.90. The first kappa shape index (κ1) is 21.2. The first-order valence-electron chi connectivity index (χ1n) is 12.0. The van der Waals surface area contributed by atoms with Crippen LogP contribution in [-0.4, -0.2) is 25.5 Å². The second-order valence-corrected chi connectivity index (χ2v) is 14.1. The molecule has 1 unspecified atom stereocenters. The molecular weight excluding hydrogens is 375 g/mol. The molecule has 2 saturated carbocycles. The molecule has 0 amide bonds. The van der Waals surface area contributed by atoms with E-state index in [2.05, 4.69) is 32.9 Å². The summed E-state index contributed by atoms with van der Waals surface area (Å²) in [7, 11) is 2.50. The number of fused-ring (bicyclic) bond motifs is 1. The predicted molar refractivity (Wildman–Crippen MR) is 129 cm³/mol. The van der Waals surface area contributed by atoms with E-state index in [4.69, 9.17) is 9.47 Å². The van der Waals surface area contributed by atoms with Crippen molar-refractivity contribution in [3.63, 3.8) is 0 Å². The molecule has 3 aliphatic rings. The molecule has 0 saturated heterocycles. The second-order valence-electron chi connectivity index (χ2n) is 9.99.